The molecule has 10 heavy (non-hydrogen) atoms. The fraction of sp³-hybridized carbons (Fsp3) is 0.429. The standard InChI is InChI=1S/C7H11N2O/c1-6-3-9(2)4-7(5-10)8-6/h3-4,10H,5H2,1-2H3/q+1. The first-order valence-electron chi connectivity index (χ1n) is 3.16. The second-order valence-electron chi connectivity index (χ2n) is 2.33. The lowest BCUT2D eigenvalue weighted by Gasteiger charge is -1.93. The summed E-state index contributed by atoms with van der Waals surface area (Å²) >= 11 is 0. The molecule has 0 aliphatic rings. The first kappa shape index (κ1) is 7.15. The molecule has 1 rings (SSSR count). The molecule has 0 fully saturated rings. The van der Waals surface area contributed by atoms with Gasteiger partial charge >= 0.3 is 0 Å². The van der Waals surface area contributed by atoms with Crippen LogP contribution in [0.2, 0.25) is 0 Å². The molecule has 1 heterocycles. The Balaban J connectivity index is 3.06. The third kappa shape index (κ3) is 1.51. The van der Waals surface area contributed by atoms with Gasteiger partial charge in [-0.25, -0.2) is 9.55 Å². The molecule has 54 valence electrons. The van der Waals surface area contributed by atoms with Crippen molar-refractivity contribution in [2.45, 2.75) is 13.5 Å². The fourth-order valence-electron chi connectivity index (χ4n) is 0.927. The van der Waals surface area contributed by atoms with E-state index in [-0.39, 0.29) is 6.61 Å². The van der Waals surface area contributed by atoms with E-state index in [1.165, 1.54) is 0 Å². The van der Waals surface area contributed by atoms with Crippen molar-refractivity contribution in [3.8, 4) is 0 Å². The highest BCUT2D eigenvalue weighted by Gasteiger charge is 1.99. The molecule has 1 N–H and O–H groups in total. The summed E-state index contributed by atoms with van der Waals surface area (Å²) in [6, 6.07) is 0. The Labute approximate surface area is 60.0 Å². The Hall–Kier alpha value is -0.960. The summed E-state index contributed by atoms with van der Waals surface area (Å²) in [5, 5.41) is 8.71. The predicted molar refractivity (Wildman–Crippen MR) is 36.1 cm³/mol. The van der Waals surface area contributed by atoms with E-state index >= 15 is 0 Å². The third-order valence-electron chi connectivity index (χ3n) is 1.23. The van der Waals surface area contributed by atoms with Crippen LogP contribution < -0.4 is 4.57 Å². The molecule has 0 bridgehead atoms. The van der Waals surface area contributed by atoms with Gasteiger partial charge in [-0.2, -0.15) is 0 Å². The van der Waals surface area contributed by atoms with Crippen LogP contribution in [-0.4, -0.2) is 10.1 Å². The first-order chi connectivity index (χ1) is 4.72. The van der Waals surface area contributed by atoms with Crippen LogP contribution in [-0.2, 0) is 13.7 Å². The van der Waals surface area contributed by atoms with Crippen molar-refractivity contribution in [1.29, 1.82) is 0 Å². The number of aliphatic hydroxyl groups is 1. The van der Waals surface area contributed by atoms with E-state index in [9.17, 15) is 0 Å². The lowest BCUT2D eigenvalue weighted by Crippen LogP contribution is -2.28. The number of rotatable bonds is 1. The van der Waals surface area contributed by atoms with Gasteiger partial charge in [0.2, 0.25) is 0 Å². The van der Waals surface area contributed by atoms with Gasteiger partial charge in [0.1, 0.15) is 18.4 Å². The van der Waals surface area contributed by atoms with E-state index in [0.717, 1.165) is 5.69 Å². The number of aromatic nitrogens is 2. The number of nitrogens with zero attached hydrogens (tertiary/aromatic N) is 2. The van der Waals surface area contributed by atoms with Gasteiger partial charge < -0.3 is 5.11 Å². The largest absolute Gasteiger partial charge is 0.390 e. The number of hydrogen-bond acceptors (Lipinski definition) is 2. The van der Waals surface area contributed by atoms with Crippen LogP contribution in [0.4, 0.5) is 0 Å². The molecule has 0 aromatic carbocycles. The molecule has 0 aliphatic carbocycles. The quantitative estimate of drug-likeness (QED) is 0.543. The van der Waals surface area contributed by atoms with Gasteiger partial charge in [0.15, 0.2) is 12.4 Å². The minimum atomic E-state index is 0.00944. The van der Waals surface area contributed by atoms with Gasteiger partial charge in [0.25, 0.3) is 0 Å². The second-order valence-corrected chi connectivity index (χ2v) is 2.33. The van der Waals surface area contributed by atoms with Crippen molar-refractivity contribution < 1.29 is 9.67 Å². The lowest BCUT2D eigenvalue weighted by atomic mass is 10.4. The first-order valence-corrected chi connectivity index (χ1v) is 3.16. The summed E-state index contributed by atoms with van der Waals surface area (Å²) in [6.07, 6.45) is 3.70. The normalized spacial score (nSPS) is 9.90. The van der Waals surface area contributed by atoms with E-state index in [4.69, 9.17) is 5.11 Å². The van der Waals surface area contributed by atoms with Crippen molar-refractivity contribution in [2.75, 3.05) is 0 Å². The number of aliphatic hydroxyl groups excluding tert-OH is 1. The molecular weight excluding hydrogens is 128 g/mol. The molecule has 1 aromatic rings. The maximum atomic E-state index is 8.71. The van der Waals surface area contributed by atoms with Gasteiger partial charge in [-0.05, 0) is 6.92 Å². The zero-order valence-corrected chi connectivity index (χ0v) is 6.20. The molecule has 0 saturated heterocycles. The number of hydrogen-bond donors (Lipinski definition) is 1. The molecule has 3 nitrogen and oxygen atoms in total. The molecule has 0 saturated carbocycles. The van der Waals surface area contributed by atoms with Crippen molar-refractivity contribution in [2.24, 2.45) is 7.05 Å². The van der Waals surface area contributed by atoms with Gasteiger partial charge in [0.05, 0.1) is 6.61 Å². The summed E-state index contributed by atoms with van der Waals surface area (Å²) in [5.74, 6) is 0. The second kappa shape index (κ2) is 2.75. The predicted octanol–water partition coefficient (Wildman–Crippen LogP) is -0.293. The topological polar surface area (TPSA) is 37.0 Å². The van der Waals surface area contributed by atoms with Crippen LogP contribution in [0, 0.1) is 6.92 Å². The van der Waals surface area contributed by atoms with Crippen molar-refractivity contribution in [3.63, 3.8) is 0 Å². The van der Waals surface area contributed by atoms with E-state index in [1.54, 1.807) is 6.20 Å². The summed E-state index contributed by atoms with van der Waals surface area (Å²) in [7, 11) is 1.91. The third-order valence-corrected chi connectivity index (χ3v) is 1.23. The molecule has 1 aromatic heterocycles. The zero-order chi connectivity index (χ0) is 7.56. The van der Waals surface area contributed by atoms with E-state index < -0.39 is 0 Å². The highest BCUT2D eigenvalue weighted by atomic mass is 16.3. The maximum absolute atomic E-state index is 8.71. The molecule has 0 amide bonds. The van der Waals surface area contributed by atoms with Crippen molar-refractivity contribution in [1.82, 2.24) is 4.98 Å². The van der Waals surface area contributed by atoms with Gasteiger partial charge in [-0.15, -0.1) is 0 Å². The Kier molecular flexibility index (Phi) is 1.97. The Morgan fingerprint density at radius 1 is 1.60 bits per heavy atom. The molecule has 0 spiro atoms. The smallest absolute Gasteiger partial charge is 0.192 e. The Morgan fingerprint density at radius 2 is 2.30 bits per heavy atom. The molecule has 0 atom stereocenters. The van der Waals surface area contributed by atoms with Crippen LogP contribution in [0.25, 0.3) is 0 Å². The SMILES string of the molecule is Cc1c[n+](C)cc(CO)n1. The molecule has 3 heteroatoms. The maximum Gasteiger partial charge on any atom is 0.192 e. The van der Waals surface area contributed by atoms with Crippen LogP contribution in [0.15, 0.2) is 12.4 Å². The van der Waals surface area contributed by atoms with E-state index in [0.29, 0.717) is 5.69 Å². The van der Waals surface area contributed by atoms with Crippen molar-refractivity contribution in [3.05, 3.63) is 23.8 Å². The van der Waals surface area contributed by atoms with Crippen LogP contribution in [0.5, 0.6) is 0 Å². The summed E-state index contributed by atoms with van der Waals surface area (Å²) in [5.41, 5.74) is 1.64. The van der Waals surface area contributed by atoms with Gasteiger partial charge in [-0.1, -0.05) is 0 Å². The summed E-state index contributed by atoms with van der Waals surface area (Å²) in [4.78, 5) is 4.08. The highest BCUT2D eigenvalue weighted by Crippen LogP contribution is 1.90. The van der Waals surface area contributed by atoms with E-state index in [2.05, 4.69) is 4.98 Å². The Morgan fingerprint density at radius 3 is 2.80 bits per heavy atom. The molecule has 0 unspecified atom stereocenters. The number of aryl methyl sites for hydroxylation is 2. The molecule has 0 aliphatic heterocycles. The van der Waals surface area contributed by atoms with Gasteiger partial charge in [-0.3, -0.25) is 0 Å². The Bertz CT molecular complexity index is 215. The fourth-order valence-corrected chi connectivity index (χ4v) is 0.927. The minimum absolute atomic E-state index is 0.00944. The van der Waals surface area contributed by atoms with Crippen LogP contribution >= 0.6 is 0 Å². The lowest BCUT2D eigenvalue weighted by molar-refractivity contribution is -0.672. The average molecular weight is 139 g/mol. The molecule has 0 radical (unpaired) electrons. The summed E-state index contributed by atoms with van der Waals surface area (Å²) < 4.78 is 1.88. The zero-order valence-electron chi connectivity index (χ0n) is 6.20. The highest BCUT2D eigenvalue weighted by molar-refractivity contribution is 4.94. The minimum Gasteiger partial charge on any atom is -0.390 e. The van der Waals surface area contributed by atoms with Gasteiger partial charge in [0, 0.05) is 0 Å². The van der Waals surface area contributed by atoms with Crippen molar-refractivity contribution >= 4 is 0 Å². The summed E-state index contributed by atoms with van der Waals surface area (Å²) in [6.45, 7) is 1.91. The average Bonchev–Trinajstić information content (AvgIpc) is 1.85. The van der Waals surface area contributed by atoms with E-state index in [1.807, 2.05) is 24.7 Å². The monoisotopic (exact) mass is 139 g/mol. The van der Waals surface area contributed by atoms with Crippen LogP contribution in [0.1, 0.15) is 11.4 Å². The molecular formula is C7H11N2O+. The van der Waals surface area contributed by atoms with Crippen LogP contribution in [0.3, 0.4) is 0 Å².